The van der Waals surface area contributed by atoms with E-state index in [2.05, 4.69) is 15.2 Å². The lowest BCUT2D eigenvalue weighted by Crippen LogP contribution is -2.19. The van der Waals surface area contributed by atoms with E-state index in [1.54, 1.807) is 10.5 Å². The molecule has 0 aliphatic carbocycles. The van der Waals surface area contributed by atoms with Gasteiger partial charge in [0.15, 0.2) is 5.69 Å². The molecule has 0 bridgehead atoms. The summed E-state index contributed by atoms with van der Waals surface area (Å²) in [5.74, 6) is -0.0275. The molecule has 6 heteroatoms. The predicted octanol–water partition coefficient (Wildman–Crippen LogP) is 1.43. The van der Waals surface area contributed by atoms with Gasteiger partial charge in [-0.1, -0.05) is 20.8 Å². The average molecular weight is 234 g/mol. The van der Waals surface area contributed by atoms with Gasteiger partial charge in [0.1, 0.15) is 5.82 Å². The number of aryl methyl sites for hydroxylation is 1. The van der Waals surface area contributed by atoms with Gasteiger partial charge in [-0.15, -0.1) is 10.2 Å². The van der Waals surface area contributed by atoms with Crippen molar-refractivity contribution in [2.45, 2.75) is 33.1 Å². The van der Waals surface area contributed by atoms with E-state index in [4.69, 9.17) is 5.11 Å². The number of carboxylic acids is 1. The highest BCUT2D eigenvalue weighted by Gasteiger charge is 2.22. The molecular weight excluding hydrogens is 220 g/mol. The van der Waals surface area contributed by atoms with Crippen LogP contribution >= 0.6 is 0 Å². The highest BCUT2D eigenvalue weighted by Crippen LogP contribution is 2.24. The van der Waals surface area contributed by atoms with Crippen molar-refractivity contribution in [1.82, 2.24) is 19.6 Å². The van der Waals surface area contributed by atoms with Crippen LogP contribution in [0, 0.1) is 6.92 Å². The number of aromatic nitrogens is 4. The number of hydrogen-bond donors (Lipinski definition) is 1. The highest BCUT2D eigenvalue weighted by molar-refractivity contribution is 5.86. The lowest BCUT2D eigenvalue weighted by atomic mass is 9.91. The molecule has 0 aromatic carbocycles. The van der Waals surface area contributed by atoms with Crippen LogP contribution in [0.3, 0.4) is 0 Å². The van der Waals surface area contributed by atoms with Gasteiger partial charge in [-0.25, -0.2) is 9.78 Å². The molecule has 0 aliphatic rings. The molecule has 6 nitrogen and oxygen atoms in total. The Morgan fingerprint density at radius 3 is 2.53 bits per heavy atom. The Kier molecular flexibility index (Phi) is 2.38. The van der Waals surface area contributed by atoms with Gasteiger partial charge in [-0.3, -0.25) is 4.40 Å². The second-order valence-electron chi connectivity index (χ2n) is 4.96. The van der Waals surface area contributed by atoms with Crippen LogP contribution in [-0.2, 0) is 5.41 Å². The number of hydrogen-bond acceptors (Lipinski definition) is 4. The number of fused-ring (bicyclic) bond motifs is 1. The third kappa shape index (κ3) is 1.86. The second-order valence-corrected chi connectivity index (χ2v) is 4.96. The van der Waals surface area contributed by atoms with Crippen molar-refractivity contribution in [1.29, 1.82) is 0 Å². The molecule has 0 unspecified atom stereocenters. The van der Waals surface area contributed by atoms with Gasteiger partial charge in [-0.05, 0) is 13.0 Å². The predicted molar refractivity (Wildman–Crippen MR) is 61.2 cm³/mol. The number of aromatic carboxylic acids is 1. The zero-order chi connectivity index (χ0) is 12.8. The summed E-state index contributed by atoms with van der Waals surface area (Å²) < 4.78 is 1.78. The third-order valence-corrected chi connectivity index (χ3v) is 2.53. The number of nitrogens with zero attached hydrogens (tertiary/aromatic N) is 4. The maximum atomic E-state index is 11.0. The summed E-state index contributed by atoms with van der Waals surface area (Å²) in [6.07, 6.45) is 0. The number of carboxylic acid groups (broad SMARTS) is 1. The Labute approximate surface area is 98.3 Å². The van der Waals surface area contributed by atoms with Crippen molar-refractivity contribution in [2.75, 3.05) is 0 Å². The molecule has 1 N–H and O–H groups in total. The summed E-state index contributed by atoms with van der Waals surface area (Å²) in [7, 11) is 0. The molecular formula is C11H14N4O2. The fraction of sp³-hybridized carbons (Fsp3) is 0.455. The van der Waals surface area contributed by atoms with E-state index >= 15 is 0 Å². The van der Waals surface area contributed by atoms with Crippen LogP contribution < -0.4 is 0 Å². The fourth-order valence-corrected chi connectivity index (χ4v) is 1.70. The van der Waals surface area contributed by atoms with Crippen molar-refractivity contribution < 1.29 is 9.90 Å². The minimum atomic E-state index is -1.06. The van der Waals surface area contributed by atoms with E-state index in [-0.39, 0.29) is 11.1 Å². The molecule has 0 amide bonds. The van der Waals surface area contributed by atoms with E-state index in [0.717, 1.165) is 5.69 Å². The summed E-state index contributed by atoms with van der Waals surface area (Å²) in [4.78, 5) is 15.0. The van der Waals surface area contributed by atoms with Gasteiger partial charge in [0, 0.05) is 11.1 Å². The molecule has 2 heterocycles. The molecule has 0 atom stereocenters. The van der Waals surface area contributed by atoms with E-state index in [1.807, 2.05) is 27.7 Å². The lowest BCUT2D eigenvalue weighted by molar-refractivity contribution is 0.0690. The normalized spacial score (nSPS) is 12.0. The zero-order valence-electron chi connectivity index (χ0n) is 10.2. The molecule has 2 aromatic heterocycles. The summed E-state index contributed by atoms with van der Waals surface area (Å²) >= 11 is 0. The molecule has 90 valence electrons. The second kappa shape index (κ2) is 3.51. The van der Waals surface area contributed by atoms with Crippen LogP contribution in [0.5, 0.6) is 0 Å². The van der Waals surface area contributed by atoms with Gasteiger partial charge in [0.05, 0.1) is 0 Å². The van der Waals surface area contributed by atoms with E-state index in [0.29, 0.717) is 11.6 Å². The maximum absolute atomic E-state index is 11.0. The summed E-state index contributed by atoms with van der Waals surface area (Å²) in [6, 6.07) is 1.58. The monoisotopic (exact) mass is 234 g/mol. The summed E-state index contributed by atoms with van der Waals surface area (Å²) in [5, 5.41) is 16.8. The Hall–Kier alpha value is -1.98. The van der Waals surface area contributed by atoms with Crippen molar-refractivity contribution in [3.8, 4) is 0 Å². The molecule has 0 saturated carbocycles. The fourth-order valence-electron chi connectivity index (χ4n) is 1.70. The Balaban J connectivity index is 2.86. The summed E-state index contributed by atoms with van der Waals surface area (Å²) in [6.45, 7) is 7.84. The first-order chi connectivity index (χ1) is 7.80. The van der Waals surface area contributed by atoms with Crippen molar-refractivity contribution in [3.05, 3.63) is 23.3 Å². The van der Waals surface area contributed by atoms with Gasteiger partial charge in [-0.2, -0.15) is 0 Å². The standard InChI is InChI=1S/C11H14N4O2/c1-6-13-14-10-12-7(9(16)17)5-8(15(6)10)11(2,3)4/h5H,1-4H3,(H,16,17). The third-order valence-electron chi connectivity index (χ3n) is 2.53. The van der Waals surface area contributed by atoms with Crippen LogP contribution in [0.1, 0.15) is 42.8 Å². The Morgan fingerprint density at radius 1 is 1.35 bits per heavy atom. The van der Waals surface area contributed by atoms with Crippen LogP contribution in [0.4, 0.5) is 0 Å². The molecule has 0 radical (unpaired) electrons. The lowest BCUT2D eigenvalue weighted by Gasteiger charge is -2.21. The van der Waals surface area contributed by atoms with E-state index in [9.17, 15) is 4.79 Å². The van der Waals surface area contributed by atoms with E-state index in [1.165, 1.54) is 0 Å². The minimum absolute atomic E-state index is 0.00479. The van der Waals surface area contributed by atoms with Crippen LogP contribution in [-0.4, -0.2) is 30.7 Å². The molecule has 0 fully saturated rings. The molecule has 2 rings (SSSR count). The maximum Gasteiger partial charge on any atom is 0.354 e. The Morgan fingerprint density at radius 2 is 2.00 bits per heavy atom. The zero-order valence-corrected chi connectivity index (χ0v) is 10.2. The topological polar surface area (TPSA) is 80.4 Å². The number of carbonyl (C=O) groups is 1. The quantitative estimate of drug-likeness (QED) is 0.807. The number of rotatable bonds is 1. The van der Waals surface area contributed by atoms with Gasteiger partial charge in [0.2, 0.25) is 0 Å². The first-order valence-corrected chi connectivity index (χ1v) is 5.27. The van der Waals surface area contributed by atoms with Crippen LogP contribution in [0.15, 0.2) is 6.07 Å². The average Bonchev–Trinajstić information content (AvgIpc) is 2.58. The van der Waals surface area contributed by atoms with E-state index < -0.39 is 5.97 Å². The molecule has 0 saturated heterocycles. The van der Waals surface area contributed by atoms with Crippen molar-refractivity contribution in [2.24, 2.45) is 0 Å². The first kappa shape index (κ1) is 11.5. The largest absolute Gasteiger partial charge is 0.477 e. The smallest absolute Gasteiger partial charge is 0.354 e. The summed E-state index contributed by atoms with van der Waals surface area (Å²) in [5.41, 5.74) is 0.621. The minimum Gasteiger partial charge on any atom is -0.477 e. The van der Waals surface area contributed by atoms with Crippen LogP contribution in [0.2, 0.25) is 0 Å². The van der Waals surface area contributed by atoms with Crippen LogP contribution in [0.25, 0.3) is 5.78 Å². The SMILES string of the molecule is Cc1nnc2nc(C(=O)O)cc(C(C)(C)C)n12. The molecule has 0 spiro atoms. The first-order valence-electron chi connectivity index (χ1n) is 5.27. The highest BCUT2D eigenvalue weighted by atomic mass is 16.4. The van der Waals surface area contributed by atoms with Crippen molar-refractivity contribution >= 4 is 11.7 Å². The molecule has 17 heavy (non-hydrogen) atoms. The molecule has 2 aromatic rings. The van der Waals surface area contributed by atoms with Gasteiger partial charge in [0.25, 0.3) is 5.78 Å². The van der Waals surface area contributed by atoms with Gasteiger partial charge >= 0.3 is 5.97 Å². The molecule has 0 aliphatic heterocycles. The Bertz CT molecular complexity index is 595. The van der Waals surface area contributed by atoms with Crippen molar-refractivity contribution in [3.63, 3.8) is 0 Å². The van der Waals surface area contributed by atoms with Gasteiger partial charge < -0.3 is 5.11 Å².